The molecule has 2 aromatic rings. The second kappa shape index (κ2) is 11.5. The van der Waals surface area contributed by atoms with Crippen molar-refractivity contribution in [3.63, 3.8) is 0 Å². The Bertz CT molecular complexity index is 998. The highest BCUT2D eigenvalue weighted by atomic mass is 19.1. The summed E-state index contributed by atoms with van der Waals surface area (Å²) in [5.74, 6) is -1.15. The van der Waals surface area contributed by atoms with Crippen molar-refractivity contribution >= 4 is 17.7 Å². The van der Waals surface area contributed by atoms with Crippen LogP contribution in [0.4, 0.5) is 19.3 Å². The minimum atomic E-state index is -0.558. The van der Waals surface area contributed by atoms with Crippen LogP contribution in [0.2, 0.25) is 0 Å². The summed E-state index contributed by atoms with van der Waals surface area (Å²) >= 11 is 0. The molecule has 35 heavy (non-hydrogen) atoms. The molecule has 0 spiro atoms. The van der Waals surface area contributed by atoms with Crippen LogP contribution in [-0.2, 0) is 11.3 Å². The monoisotopic (exact) mass is 486 g/mol. The Labute approximate surface area is 204 Å². The number of nitrogens with one attached hydrogen (secondary N) is 1. The Hall–Kier alpha value is -3.20. The molecule has 9 heteroatoms. The van der Waals surface area contributed by atoms with Crippen molar-refractivity contribution in [2.24, 2.45) is 0 Å². The predicted octanol–water partition coefficient (Wildman–Crippen LogP) is 3.64. The Morgan fingerprint density at radius 2 is 1.51 bits per heavy atom. The molecule has 0 aromatic heterocycles. The number of benzene rings is 2. The molecule has 2 amide bonds. The first-order valence-electron chi connectivity index (χ1n) is 12.2. The molecule has 0 bridgehead atoms. The topological polar surface area (TPSA) is 65.1 Å². The van der Waals surface area contributed by atoms with Crippen molar-refractivity contribution < 1.29 is 23.1 Å². The van der Waals surface area contributed by atoms with Crippen molar-refractivity contribution in [3.8, 4) is 0 Å². The number of amides is 2. The summed E-state index contributed by atoms with van der Waals surface area (Å²) in [6.07, 6.45) is 1.51. The number of carbonyl (C=O) groups excluding carboxylic acids is 2. The summed E-state index contributed by atoms with van der Waals surface area (Å²) in [5, 5.41) is 3.40. The third-order valence-electron chi connectivity index (χ3n) is 6.58. The summed E-state index contributed by atoms with van der Waals surface area (Å²) in [6, 6.07) is 11.6. The van der Waals surface area contributed by atoms with Gasteiger partial charge in [-0.15, -0.1) is 0 Å². The molecule has 2 aliphatic heterocycles. The molecule has 2 fully saturated rings. The van der Waals surface area contributed by atoms with Gasteiger partial charge >= 0.3 is 6.09 Å². The quantitative estimate of drug-likeness (QED) is 0.676. The third-order valence-corrected chi connectivity index (χ3v) is 6.58. The Kier molecular flexibility index (Phi) is 8.17. The van der Waals surface area contributed by atoms with E-state index in [0.717, 1.165) is 37.7 Å². The number of piperidine rings is 1. The molecule has 0 saturated carbocycles. The summed E-state index contributed by atoms with van der Waals surface area (Å²) < 4.78 is 31.8. The van der Waals surface area contributed by atoms with E-state index in [2.05, 4.69) is 10.2 Å². The highest BCUT2D eigenvalue weighted by Crippen LogP contribution is 2.22. The van der Waals surface area contributed by atoms with E-state index in [4.69, 9.17) is 4.74 Å². The standard InChI is InChI=1S/C26H32F2N4O3/c1-2-35-26(34)32-13-11-31(12-14-32)25(33)20-3-5-24(6-4-20)30-9-7-23(8-10-30)29-18-19-15-21(27)17-22(28)16-19/h3-6,15-17,23,29H,2,7-14,18H2,1H3. The van der Waals surface area contributed by atoms with Crippen molar-refractivity contribution in [2.45, 2.75) is 32.4 Å². The van der Waals surface area contributed by atoms with Crippen LogP contribution in [0.5, 0.6) is 0 Å². The van der Waals surface area contributed by atoms with Crippen LogP contribution >= 0.6 is 0 Å². The first-order chi connectivity index (χ1) is 16.9. The average molecular weight is 487 g/mol. The van der Waals surface area contributed by atoms with Crippen LogP contribution in [0.25, 0.3) is 0 Å². The number of hydrogen-bond acceptors (Lipinski definition) is 5. The van der Waals surface area contributed by atoms with Crippen LogP contribution < -0.4 is 10.2 Å². The third kappa shape index (κ3) is 6.48. The number of rotatable bonds is 6. The van der Waals surface area contributed by atoms with E-state index in [9.17, 15) is 18.4 Å². The minimum Gasteiger partial charge on any atom is -0.450 e. The van der Waals surface area contributed by atoms with E-state index in [0.29, 0.717) is 50.5 Å². The van der Waals surface area contributed by atoms with Crippen molar-refractivity contribution in [1.29, 1.82) is 0 Å². The van der Waals surface area contributed by atoms with E-state index < -0.39 is 11.6 Å². The molecule has 2 aliphatic rings. The molecule has 0 radical (unpaired) electrons. The molecule has 0 aliphatic carbocycles. The number of halogens is 2. The lowest BCUT2D eigenvalue weighted by atomic mass is 10.0. The fraction of sp³-hybridized carbons (Fsp3) is 0.462. The molecule has 0 atom stereocenters. The van der Waals surface area contributed by atoms with Gasteiger partial charge in [-0.25, -0.2) is 13.6 Å². The van der Waals surface area contributed by atoms with Crippen LogP contribution in [0, 0.1) is 11.6 Å². The summed E-state index contributed by atoms with van der Waals surface area (Å²) in [7, 11) is 0. The van der Waals surface area contributed by atoms with Gasteiger partial charge in [0.25, 0.3) is 5.91 Å². The van der Waals surface area contributed by atoms with Gasteiger partial charge in [0.1, 0.15) is 11.6 Å². The van der Waals surface area contributed by atoms with Crippen LogP contribution in [0.3, 0.4) is 0 Å². The van der Waals surface area contributed by atoms with Crippen LogP contribution in [-0.4, -0.2) is 73.7 Å². The zero-order valence-electron chi connectivity index (χ0n) is 20.0. The number of nitrogens with zero attached hydrogens (tertiary/aromatic N) is 3. The second-order valence-corrected chi connectivity index (χ2v) is 8.94. The molecule has 0 unspecified atom stereocenters. The Morgan fingerprint density at radius 3 is 2.11 bits per heavy atom. The average Bonchev–Trinajstić information content (AvgIpc) is 2.87. The first-order valence-corrected chi connectivity index (χ1v) is 12.2. The highest BCUT2D eigenvalue weighted by Gasteiger charge is 2.26. The maximum absolute atomic E-state index is 13.4. The largest absolute Gasteiger partial charge is 0.450 e. The van der Waals surface area contributed by atoms with Crippen molar-refractivity contribution in [1.82, 2.24) is 15.1 Å². The van der Waals surface area contributed by atoms with Gasteiger partial charge in [0.2, 0.25) is 0 Å². The number of carbonyl (C=O) groups is 2. The fourth-order valence-corrected chi connectivity index (χ4v) is 4.62. The zero-order valence-corrected chi connectivity index (χ0v) is 20.0. The second-order valence-electron chi connectivity index (χ2n) is 8.94. The molecule has 2 heterocycles. The Balaban J connectivity index is 1.23. The van der Waals surface area contributed by atoms with Gasteiger partial charge in [-0.2, -0.15) is 0 Å². The zero-order chi connectivity index (χ0) is 24.8. The first kappa shape index (κ1) is 24.9. The molecule has 2 saturated heterocycles. The maximum atomic E-state index is 13.4. The lowest BCUT2D eigenvalue weighted by Crippen LogP contribution is -2.50. The molecular formula is C26H32F2N4O3. The van der Waals surface area contributed by atoms with Crippen LogP contribution in [0.15, 0.2) is 42.5 Å². The maximum Gasteiger partial charge on any atom is 0.409 e. The van der Waals surface area contributed by atoms with Crippen LogP contribution in [0.1, 0.15) is 35.7 Å². The van der Waals surface area contributed by atoms with Gasteiger partial charge in [0.05, 0.1) is 6.61 Å². The smallest absolute Gasteiger partial charge is 0.409 e. The fourth-order valence-electron chi connectivity index (χ4n) is 4.62. The summed E-state index contributed by atoms with van der Waals surface area (Å²) in [5.41, 5.74) is 2.31. The molecule has 7 nitrogen and oxygen atoms in total. The van der Waals surface area contributed by atoms with Crippen molar-refractivity contribution in [3.05, 3.63) is 65.2 Å². The lowest BCUT2D eigenvalue weighted by Gasteiger charge is -2.35. The number of hydrogen-bond donors (Lipinski definition) is 1. The van der Waals surface area contributed by atoms with Crippen molar-refractivity contribution in [2.75, 3.05) is 50.8 Å². The lowest BCUT2D eigenvalue weighted by molar-refractivity contribution is 0.0570. The minimum absolute atomic E-state index is 0.0308. The van der Waals surface area contributed by atoms with Gasteiger partial charge in [-0.3, -0.25) is 4.79 Å². The van der Waals surface area contributed by atoms with E-state index in [1.165, 1.54) is 12.1 Å². The Morgan fingerprint density at radius 1 is 0.914 bits per heavy atom. The van der Waals surface area contributed by atoms with E-state index >= 15 is 0 Å². The highest BCUT2D eigenvalue weighted by molar-refractivity contribution is 5.94. The van der Waals surface area contributed by atoms with E-state index in [1.54, 1.807) is 16.7 Å². The van der Waals surface area contributed by atoms with Gasteiger partial charge in [0, 0.05) is 69.2 Å². The normalized spacial score (nSPS) is 16.9. The molecule has 1 N–H and O–H groups in total. The predicted molar refractivity (Wildman–Crippen MR) is 129 cm³/mol. The van der Waals surface area contributed by atoms with Gasteiger partial charge in [-0.05, 0) is 61.7 Å². The molecule has 2 aromatic carbocycles. The van der Waals surface area contributed by atoms with Gasteiger partial charge in [-0.1, -0.05) is 0 Å². The van der Waals surface area contributed by atoms with E-state index in [-0.39, 0.29) is 18.0 Å². The molecular weight excluding hydrogens is 454 g/mol. The number of piperazine rings is 1. The van der Waals surface area contributed by atoms with Gasteiger partial charge < -0.3 is 24.8 Å². The van der Waals surface area contributed by atoms with E-state index in [1.807, 2.05) is 24.3 Å². The number of ether oxygens (including phenoxy) is 1. The molecule has 4 rings (SSSR count). The van der Waals surface area contributed by atoms with Gasteiger partial charge in [0.15, 0.2) is 0 Å². The number of anilines is 1. The summed E-state index contributed by atoms with van der Waals surface area (Å²) in [6.45, 7) is 6.19. The summed E-state index contributed by atoms with van der Waals surface area (Å²) in [4.78, 5) is 30.4. The molecule has 188 valence electrons. The SMILES string of the molecule is CCOC(=O)N1CCN(C(=O)c2ccc(N3CCC(NCc4cc(F)cc(F)c4)CC3)cc2)CC1.